The molecule has 1 aliphatic heterocycles. The molecule has 1 saturated carbocycles. The molecule has 4 nitrogen and oxygen atoms in total. The van der Waals surface area contributed by atoms with Gasteiger partial charge >= 0.3 is 5.97 Å². The summed E-state index contributed by atoms with van der Waals surface area (Å²) in [6, 6.07) is 0.670. The first-order valence-corrected chi connectivity index (χ1v) is 13.0. The van der Waals surface area contributed by atoms with Crippen molar-refractivity contribution in [3.63, 3.8) is 0 Å². The van der Waals surface area contributed by atoms with Gasteiger partial charge in [-0.15, -0.1) is 0 Å². The molecule has 2 fully saturated rings. The zero-order valence-corrected chi connectivity index (χ0v) is 18.3. The largest absolute Gasteiger partial charge is 0.469 e. The number of hydrogen-bond acceptors (Lipinski definition) is 4. The van der Waals surface area contributed by atoms with Gasteiger partial charge in [-0.05, 0) is 75.7 Å². The summed E-state index contributed by atoms with van der Waals surface area (Å²) < 4.78 is 11.3. The Morgan fingerprint density at radius 2 is 1.60 bits per heavy atom. The Bertz CT molecular complexity index is 431. The van der Waals surface area contributed by atoms with Crippen molar-refractivity contribution in [3.05, 3.63) is 0 Å². The van der Waals surface area contributed by atoms with Crippen LogP contribution in [0.5, 0.6) is 0 Å². The predicted molar refractivity (Wildman–Crippen MR) is 105 cm³/mol. The van der Waals surface area contributed by atoms with Gasteiger partial charge in [0.05, 0.1) is 13.0 Å². The van der Waals surface area contributed by atoms with E-state index in [9.17, 15) is 4.79 Å². The molecule has 0 amide bonds. The number of carbonyl (C=O) groups is 1. The van der Waals surface area contributed by atoms with E-state index < -0.39 is 8.32 Å². The van der Waals surface area contributed by atoms with Gasteiger partial charge in [-0.1, -0.05) is 20.8 Å². The predicted octanol–water partition coefficient (Wildman–Crippen LogP) is 4.45. The molecule has 0 N–H and O–H groups in total. The van der Waals surface area contributed by atoms with Crippen molar-refractivity contribution in [2.75, 3.05) is 26.8 Å². The molecule has 0 aromatic heterocycles. The molecule has 0 aromatic carbocycles. The number of methoxy groups -OCH3 is 1. The molecule has 25 heavy (non-hydrogen) atoms. The third-order valence-corrected chi connectivity index (χ3v) is 11.4. The van der Waals surface area contributed by atoms with Crippen molar-refractivity contribution in [1.29, 1.82) is 0 Å². The van der Waals surface area contributed by atoms with Crippen LogP contribution in [0.4, 0.5) is 0 Å². The van der Waals surface area contributed by atoms with Crippen LogP contribution in [-0.2, 0) is 14.0 Å². The van der Waals surface area contributed by atoms with E-state index >= 15 is 0 Å². The number of likely N-dealkylation sites (tertiary alicyclic amines) is 1. The molecule has 2 rings (SSSR count). The Balaban J connectivity index is 1.71. The van der Waals surface area contributed by atoms with Gasteiger partial charge in [0.15, 0.2) is 8.32 Å². The third kappa shape index (κ3) is 5.54. The van der Waals surface area contributed by atoms with Crippen LogP contribution in [0.1, 0.15) is 59.3 Å². The van der Waals surface area contributed by atoms with Crippen LogP contribution in [0.3, 0.4) is 0 Å². The second-order valence-electron chi connectivity index (χ2n) is 9.58. The molecule has 0 aromatic rings. The highest BCUT2D eigenvalue weighted by Crippen LogP contribution is 2.37. The summed E-state index contributed by atoms with van der Waals surface area (Å²) in [5.74, 6) is 0.841. The average molecular weight is 370 g/mol. The smallest absolute Gasteiger partial charge is 0.308 e. The van der Waals surface area contributed by atoms with Crippen molar-refractivity contribution >= 4 is 14.3 Å². The van der Waals surface area contributed by atoms with E-state index in [-0.39, 0.29) is 11.9 Å². The van der Waals surface area contributed by atoms with Gasteiger partial charge in [0, 0.05) is 12.6 Å². The molecule has 1 saturated heterocycles. The molecule has 0 atom stereocenters. The van der Waals surface area contributed by atoms with E-state index in [0.717, 1.165) is 38.2 Å². The highest BCUT2D eigenvalue weighted by atomic mass is 28.4. The van der Waals surface area contributed by atoms with E-state index in [0.29, 0.717) is 11.1 Å². The molecule has 0 spiro atoms. The monoisotopic (exact) mass is 369 g/mol. The lowest BCUT2D eigenvalue weighted by Crippen LogP contribution is -2.46. The fourth-order valence-corrected chi connectivity index (χ4v) is 4.96. The minimum absolute atomic E-state index is 0.0139. The van der Waals surface area contributed by atoms with Crippen LogP contribution in [0.25, 0.3) is 0 Å². The number of hydrogen-bond donors (Lipinski definition) is 0. The quantitative estimate of drug-likeness (QED) is 0.530. The number of nitrogens with zero attached hydrogens (tertiary/aromatic N) is 1. The summed E-state index contributed by atoms with van der Waals surface area (Å²) in [6.45, 7) is 15.0. The summed E-state index contributed by atoms with van der Waals surface area (Å²) in [7, 11) is -0.113. The lowest BCUT2D eigenvalue weighted by atomic mass is 9.84. The molecule has 0 unspecified atom stereocenters. The zero-order valence-electron chi connectivity index (χ0n) is 17.3. The maximum Gasteiger partial charge on any atom is 0.308 e. The number of rotatable bonds is 5. The maximum atomic E-state index is 11.7. The molecule has 2 aliphatic rings. The second-order valence-corrected chi connectivity index (χ2v) is 14.4. The Labute approximate surface area is 155 Å². The fourth-order valence-electron chi connectivity index (χ4n) is 3.87. The summed E-state index contributed by atoms with van der Waals surface area (Å²) in [6.07, 6.45) is 6.78. The maximum absolute atomic E-state index is 11.7. The van der Waals surface area contributed by atoms with Gasteiger partial charge in [-0.25, -0.2) is 0 Å². The first-order chi connectivity index (χ1) is 11.6. The Morgan fingerprint density at radius 3 is 2.08 bits per heavy atom. The van der Waals surface area contributed by atoms with Gasteiger partial charge in [0.25, 0.3) is 0 Å². The number of piperidine rings is 1. The van der Waals surface area contributed by atoms with Crippen molar-refractivity contribution < 1.29 is 14.0 Å². The third-order valence-electron chi connectivity index (χ3n) is 6.88. The molecule has 5 heteroatoms. The fraction of sp³-hybridized carbons (Fsp3) is 0.950. The average Bonchev–Trinajstić information content (AvgIpc) is 2.59. The molecule has 146 valence electrons. The van der Waals surface area contributed by atoms with E-state index in [1.54, 1.807) is 0 Å². The Kier molecular flexibility index (Phi) is 7.14. The van der Waals surface area contributed by atoms with Crippen molar-refractivity contribution in [3.8, 4) is 0 Å². The lowest BCUT2D eigenvalue weighted by molar-refractivity contribution is -0.147. The Hall–Kier alpha value is -0.393. The standard InChI is InChI=1S/C20H39NO3Si/c1-20(2,3)25(5,6)24-15-16-11-13-21(14-12-16)18-9-7-17(8-10-18)19(22)23-4/h16-18H,7-15H2,1-6H3. The number of ether oxygens (including phenoxy) is 1. The number of esters is 1. The topological polar surface area (TPSA) is 38.8 Å². The van der Waals surface area contributed by atoms with Crippen molar-refractivity contribution in [2.24, 2.45) is 11.8 Å². The minimum atomic E-state index is -1.62. The van der Waals surface area contributed by atoms with Gasteiger partial charge < -0.3 is 14.1 Å². The Morgan fingerprint density at radius 1 is 1.04 bits per heavy atom. The van der Waals surface area contributed by atoms with Crippen LogP contribution in [0, 0.1) is 11.8 Å². The lowest BCUT2D eigenvalue weighted by Gasteiger charge is -2.42. The highest BCUT2D eigenvalue weighted by Gasteiger charge is 2.38. The molecular formula is C20H39NO3Si. The second kappa shape index (κ2) is 8.53. The van der Waals surface area contributed by atoms with E-state index in [2.05, 4.69) is 38.8 Å². The van der Waals surface area contributed by atoms with Crippen LogP contribution >= 0.6 is 0 Å². The van der Waals surface area contributed by atoms with Gasteiger partial charge in [0.1, 0.15) is 0 Å². The summed E-state index contributed by atoms with van der Waals surface area (Å²) in [5.41, 5.74) is 0. The van der Waals surface area contributed by atoms with Gasteiger partial charge in [0.2, 0.25) is 0 Å². The van der Waals surface area contributed by atoms with Gasteiger partial charge in [-0.3, -0.25) is 4.79 Å². The highest BCUT2D eigenvalue weighted by molar-refractivity contribution is 6.74. The van der Waals surface area contributed by atoms with Crippen LogP contribution in [-0.4, -0.2) is 52.0 Å². The molecule has 1 aliphatic carbocycles. The van der Waals surface area contributed by atoms with Crippen LogP contribution < -0.4 is 0 Å². The molecular weight excluding hydrogens is 330 g/mol. The minimum Gasteiger partial charge on any atom is -0.469 e. The van der Waals surface area contributed by atoms with E-state index in [1.807, 2.05) is 0 Å². The van der Waals surface area contributed by atoms with Crippen molar-refractivity contribution in [1.82, 2.24) is 4.90 Å². The summed E-state index contributed by atoms with van der Waals surface area (Å²) >= 11 is 0. The van der Waals surface area contributed by atoms with Crippen molar-refractivity contribution in [2.45, 2.75) is 83.5 Å². The summed E-state index contributed by atoms with van der Waals surface area (Å²) in [5, 5.41) is 0.298. The van der Waals surface area contributed by atoms with E-state index in [4.69, 9.17) is 9.16 Å². The van der Waals surface area contributed by atoms with E-state index in [1.165, 1.54) is 33.0 Å². The molecule has 0 bridgehead atoms. The van der Waals surface area contributed by atoms with Crippen LogP contribution in [0.15, 0.2) is 0 Å². The number of carbonyl (C=O) groups excluding carboxylic acids is 1. The first-order valence-electron chi connectivity index (χ1n) is 10.1. The summed E-state index contributed by atoms with van der Waals surface area (Å²) in [4.78, 5) is 14.3. The van der Waals surface area contributed by atoms with Crippen LogP contribution in [0.2, 0.25) is 18.1 Å². The van der Waals surface area contributed by atoms with Gasteiger partial charge in [-0.2, -0.15) is 0 Å². The first kappa shape index (κ1) is 20.9. The molecule has 0 radical (unpaired) electrons. The zero-order chi connectivity index (χ0) is 18.7. The normalized spacial score (nSPS) is 27.3. The molecule has 1 heterocycles. The SMILES string of the molecule is COC(=O)C1CCC(N2CCC(CO[Si](C)(C)C(C)(C)C)CC2)CC1.